The highest BCUT2D eigenvalue weighted by atomic mass is 32.2. The zero-order valence-electron chi connectivity index (χ0n) is 16.2. The van der Waals surface area contributed by atoms with Crippen LogP contribution in [0.25, 0.3) is 0 Å². The molecule has 0 bridgehead atoms. The van der Waals surface area contributed by atoms with Gasteiger partial charge in [-0.1, -0.05) is 13.3 Å². The summed E-state index contributed by atoms with van der Waals surface area (Å²) in [7, 11) is -5.75. The molecule has 0 unspecified atom stereocenters. The van der Waals surface area contributed by atoms with E-state index in [4.69, 9.17) is 9.47 Å². The first-order valence-electron chi connectivity index (χ1n) is 9.38. The first-order chi connectivity index (χ1) is 13.3. The molecule has 0 amide bonds. The van der Waals surface area contributed by atoms with Crippen LogP contribution >= 0.6 is 0 Å². The third-order valence-electron chi connectivity index (χ3n) is 4.90. The quantitative estimate of drug-likeness (QED) is 0.629. The van der Waals surface area contributed by atoms with E-state index in [1.165, 1.54) is 25.0 Å². The second kappa shape index (κ2) is 8.54. The number of nitrogens with zero attached hydrogens (tertiary/aromatic N) is 3. The summed E-state index contributed by atoms with van der Waals surface area (Å²) in [5, 5.41) is 0. The van der Waals surface area contributed by atoms with Crippen LogP contribution in [0.1, 0.15) is 19.8 Å². The molecule has 1 aromatic carbocycles. The van der Waals surface area contributed by atoms with Crippen molar-refractivity contribution in [2.24, 2.45) is 0 Å². The molecule has 1 saturated heterocycles. The lowest BCUT2D eigenvalue weighted by Crippen LogP contribution is -2.53. The van der Waals surface area contributed by atoms with Crippen molar-refractivity contribution in [2.75, 3.05) is 53.0 Å². The van der Waals surface area contributed by atoms with E-state index in [1.807, 2.05) is 6.92 Å². The number of hydrogen-bond donors (Lipinski definition) is 0. The van der Waals surface area contributed by atoms with E-state index in [0.717, 1.165) is 12.8 Å². The third-order valence-corrected chi connectivity index (χ3v) is 8.78. The average Bonchev–Trinajstić information content (AvgIpc) is 2.71. The van der Waals surface area contributed by atoms with Crippen molar-refractivity contribution in [3.8, 4) is 11.5 Å². The van der Waals surface area contributed by atoms with Gasteiger partial charge in [0, 0.05) is 45.8 Å². The second-order valence-corrected chi connectivity index (χ2v) is 10.8. The minimum atomic E-state index is -3.74. The lowest BCUT2D eigenvalue weighted by atomic mass is 10.3. The molecule has 0 aliphatic carbocycles. The number of sulfonamides is 1. The van der Waals surface area contributed by atoms with E-state index >= 15 is 0 Å². The van der Waals surface area contributed by atoms with Gasteiger partial charge in [0.1, 0.15) is 13.2 Å². The average molecular weight is 434 g/mol. The fourth-order valence-corrected chi connectivity index (χ4v) is 5.98. The molecular weight excluding hydrogens is 406 g/mol. The van der Waals surface area contributed by atoms with Crippen LogP contribution in [0.15, 0.2) is 23.1 Å². The topological polar surface area (TPSA) is 96.5 Å². The Hall–Kier alpha value is -1.40. The molecule has 2 aliphatic rings. The summed E-state index contributed by atoms with van der Waals surface area (Å²) in [5.74, 6) is 0.933. The van der Waals surface area contributed by atoms with Crippen LogP contribution in [0, 0.1) is 0 Å². The van der Waals surface area contributed by atoms with Crippen LogP contribution in [0.3, 0.4) is 0 Å². The van der Waals surface area contributed by atoms with Crippen LogP contribution in [-0.2, 0) is 20.2 Å². The molecule has 158 valence electrons. The SMILES string of the molecule is CCCCN(C)S(=O)(=O)N1CCN(S(=O)(=O)c2ccc3c(c2)OCCO3)CC1. The van der Waals surface area contributed by atoms with Crippen LogP contribution in [0.2, 0.25) is 0 Å². The van der Waals surface area contributed by atoms with Crippen molar-refractivity contribution in [2.45, 2.75) is 24.7 Å². The van der Waals surface area contributed by atoms with Gasteiger partial charge in [-0.25, -0.2) is 8.42 Å². The monoisotopic (exact) mass is 433 g/mol. The zero-order valence-corrected chi connectivity index (χ0v) is 17.8. The highest BCUT2D eigenvalue weighted by molar-refractivity contribution is 7.89. The fourth-order valence-electron chi connectivity index (χ4n) is 3.17. The number of piperazine rings is 1. The third kappa shape index (κ3) is 4.28. The molecule has 0 spiro atoms. The molecule has 2 heterocycles. The van der Waals surface area contributed by atoms with Crippen LogP contribution in [0.5, 0.6) is 11.5 Å². The van der Waals surface area contributed by atoms with Crippen LogP contribution in [0.4, 0.5) is 0 Å². The van der Waals surface area contributed by atoms with Gasteiger partial charge < -0.3 is 9.47 Å². The molecule has 0 aromatic heterocycles. The van der Waals surface area contributed by atoms with Crippen LogP contribution < -0.4 is 9.47 Å². The number of unbranched alkanes of at least 4 members (excludes halogenated alkanes) is 1. The maximum atomic E-state index is 13.0. The Morgan fingerprint density at radius 2 is 1.57 bits per heavy atom. The molecule has 28 heavy (non-hydrogen) atoms. The van der Waals surface area contributed by atoms with E-state index in [-0.39, 0.29) is 31.1 Å². The Morgan fingerprint density at radius 3 is 2.21 bits per heavy atom. The Balaban J connectivity index is 1.68. The van der Waals surface area contributed by atoms with Gasteiger partial charge in [-0.2, -0.15) is 21.3 Å². The predicted octanol–water partition coefficient (Wildman–Crippen LogP) is 0.741. The Kier molecular flexibility index (Phi) is 6.50. The Bertz CT molecular complexity index is 895. The largest absolute Gasteiger partial charge is 0.486 e. The van der Waals surface area contributed by atoms with Gasteiger partial charge in [-0.3, -0.25) is 0 Å². The normalized spacial score (nSPS) is 19.1. The van der Waals surface area contributed by atoms with E-state index in [9.17, 15) is 16.8 Å². The highest BCUT2D eigenvalue weighted by Gasteiger charge is 2.35. The molecule has 9 nitrogen and oxygen atoms in total. The van der Waals surface area contributed by atoms with Crippen molar-refractivity contribution in [3.63, 3.8) is 0 Å². The van der Waals surface area contributed by atoms with Crippen molar-refractivity contribution in [1.29, 1.82) is 0 Å². The summed E-state index contributed by atoms with van der Waals surface area (Å²) >= 11 is 0. The highest BCUT2D eigenvalue weighted by Crippen LogP contribution is 2.33. The fraction of sp³-hybridized carbons (Fsp3) is 0.647. The predicted molar refractivity (Wildman–Crippen MR) is 104 cm³/mol. The van der Waals surface area contributed by atoms with Crippen molar-refractivity contribution in [1.82, 2.24) is 12.9 Å². The van der Waals surface area contributed by atoms with Gasteiger partial charge in [0.2, 0.25) is 10.0 Å². The van der Waals surface area contributed by atoms with E-state index in [1.54, 1.807) is 13.1 Å². The van der Waals surface area contributed by atoms with E-state index in [0.29, 0.717) is 31.3 Å². The molecule has 1 fully saturated rings. The van der Waals surface area contributed by atoms with E-state index < -0.39 is 20.2 Å². The minimum absolute atomic E-state index is 0.109. The maximum absolute atomic E-state index is 13.0. The molecule has 3 rings (SSSR count). The van der Waals surface area contributed by atoms with Gasteiger partial charge in [-0.15, -0.1) is 0 Å². The van der Waals surface area contributed by atoms with Crippen LogP contribution in [-0.4, -0.2) is 82.7 Å². The first-order valence-corrected chi connectivity index (χ1v) is 12.2. The van der Waals surface area contributed by atoms with Crippen molar-refractivity contribution < 1.29 is 26.3 Å². The maximum Gasteiger partial charge on any atom is 0.281 e. The van der Waals surface area contributed by atoms with Crippen molar-refractivity contribution in [3.05, 3.63) is 18.2 Å². The molecule has 2 aliphatic heterocycles. The summed E-state index contributed by atoms with van der Waals surface area (Å²) in [6.07, 6.45) is 1.69. The molecule has 11 heteroatoms. The molecule has 0 atom stereocenters. The summed E-state index contributed by atoms with van der Waals surface area (Å²) in [6.45, 7) is 3.73. The molecule has 0 radical (unpaired) electrons. The molecule has 0 N–H and O–H groups in total. The van der Waals surface area contributed by atoms with Crippen molar-refractivity contribution >= 4 is 20.2 Å². The van der Waals surface area contributed by atoms with Gasteiger partial charge in [0.15, 0.2) is 11.5 Å². The number of hydrogen-bond acceptors (Lipinski definition) is 6. The van der Waals surface area contributed by atoms with Gasteiger partial charge in [0.05, 0.1) is 4.90 Å². The Labute approximate surface area is 167 Å². The molecule has 1 aromatic rings. The standard InChI is InChI=1S/C17H27N3O6S2/c1-3-4-7-18(2)28(23,24)20-10-8-19(9-11-20)27(21,22)15-5-6-16-17(14-15)26-13-12-25-16/h5-6,14H,3-4,7-13H2,1-2H3. The smallest absolute Gasteiger partial charge is 0.281 e. The van der Waals surface area contributed by atoms with Gasteiger partial charge in [0.25, 0.3) is 10.2 Å². The van der Waals surface area contributed by atoms with E-state index in [2.05, 4.69) is 0 Å². The number of fused-ring (bicyclic) bond motifs is 1. The second-order valence-electron chi connectivity index (χ2n) is 6.79. The number of rotatable bonds is 7. The Morgan fingerprint density at radius 1 is 0.964 bits per heavy atom. The lowest BCUT2D eigenvalue weighted by molar-refractivity contribution is 0.171. The first kappa shape index (κ1) is 21.3. The molecule has 0 saturated carbocycles. The minimum Gasteiger partial charge on any atom is -0.486 e. The lowest BCUT2D eigenvalue weighted by Gasteiger charge is -2.35. The summed E-state index contributed by atoms with van der Waals surface area (Å²) in [5.41, 5.74) is 0. The number of ether oxygens (including phenoxy) is 2. The number of benzene rings is 1. The van der Waals surface area contributed by atoms with Gasteiger partial charge >= 0.3 is 0 Å². The molecular formula is C17H27N3O6S2. The zero-order chi connectivity index (χ0) is 20.4. The summed E-state index contributed by atoms with van der Waals surface area (Å²) < 4.78 is 66.1. The van der Waals surface area contributed by atoms with Gasteiger partial charge in [-0.05, 0) is 18.6 Å². The summed E-state index contributed by atoms with van der Waals surface area (Å²) in [4.78, 5) is 0.119. The summed E-state index contributed by atoms with van der Waals surface area (Å²) in [6, 6.07) is 4.54.